The lowest BCUT2D eigenvalue weighted by Gasteiger charge is -2.08. The van der Waals surface area contributed by atoms with E-state index in [2.05, 4.69) is 20.9 Å². The summed E-state index contributed by atoms with van der Waals surface area (Å²) >= 11 is 9.61. The Morgan fingerprint density at radius 1 is 1.53 bits per heavy atom. The van der Waals surface area contributed by atoms with E-state index in [1.165, 1.54) is 6.20 Å². The highest BCUT2D eigenvalue weighted by atomic mass is 79.9. The Balaban J connectivity index is 2.03. The number of carbonyl (C=O) groups excluding carboxylic acids is 1. The molecule has 1 heterocycles. The molecular formula is C12H10BrClFNO. The fraction of sp³-hybridized carbons (Fsp3) is 0.500. The van der Waals surface area contributed by atoms with Crippen LogP contribution in [0, 0.1) is 11.7 Å². The Morgan fingerprint density at radius 3 is 2.76 bits per heavy atom. The summed E-state index contributed by atoms with van der Waals surface area (Å²) in [5, 5.41) is 0.423. The number of hydrogen-bond acceptors (Lipinski definition) is 2. The molecule has 2 aliphatic carbocycles. The largest absolute Gasteiger partial charge is 0.303 e. The van der Waals surface area contributed by atoms with Crippen LogP contribution in [0.4, 0.5) is 4.39 Å². The van der Waals surface area contributed by atoms with Gasteiger partial charge in [0.25, 0.3) is 0 Å². The van der Waals surface area contributed by atoms with E-state index in [4.69, 9.17) is 11.6 Å². The minimum Gasteiger partial charge on any atom is -0.303 e. The number of carbonyl (C=O) groups is 1. The van der Waals surface area contributed by atoms with Crippen molar-refractivity contribution in [1.29, 1.82) is 0 Å². The van der Waals surface area contributed by atoms with E-state index >= 15 is 0 Å². The number of aromatic nitrogens is 1. The predicted octanol–water partition coefficient (Wildman–Crippen LogP) is 3.43. The van der Waals surface area contributed by atoms with Crippen molar-refractivity contribution in [2.24, 2.45) is 5.92 Å². The molecule has 5 heteroatoms. The summed E-state index contributed by atoms with van der Waals surface area (Å²) in [6.07, 6.45) is 4.22. The van der Waals surface area contributed by atoms with Crippen LogP contribution >= 0.6 is 27.5 Å². The van der Waals surface area contributed by atoms with Gasteiger partial charge in [0.1, 0.15) is 12.1 Å². The van der Waals surface area contributed by atoms with Crippen LogP contribution in [0.3, 0.4) is 0 Å². The second-order valence-electron chi connectivity index (χ2n) is 4.68. The van der Waals surface area contributed by atoms with Crippen LogP contribution in [-0.4, -0.2) is 16.1 Å². The van der Waals surface area contributed by atoms with Crippen molar-refractivity contribution in [1.82, 2.24) is 4.98 Å². The summed E-state index contributed by atoms with van der Waals surface area (Å²) in [6, 6.07) is 0. The second kappa shape index (κ2) is 4.02. The molecule has 1 aromatic heterocycles. The molecule has 3 rings (SSSR count). The van der Waals surface area contributed by atoms with E-state index in [-0.39, 0.29) is 16.7 Å². The van der Waals surface area contributed by atoms with Crippen LogP contribution in [0.15, 0.2) is 6.20 Å². The van der Waals surface area contributed by atoms with Gasteiger partial charge in [0.05, 0.1) is 16.9 Å². The molecule has 0 radical (unpaired) electrons. The van der Waals surface area contributed by atoms with E-state index < -0.39 is 5.82 Å². The third kappa shape index (κ3) is 1.82. The van der Waals surface area contributed by atoms with Gasteiger partial charge in [-0.05, 0) is 12.8 Å². The van der Waals surface area contributed by atoms with Gasteiger partial charge in [0, 0.05) is 28.1 Å². The molecule has 3 atom stereocenters. The molecular weight excluding hydrogens is 308 g/mol. The Hall–Kier alpha value is -0.480. The maximum absolute atomic E-state index is 13.8. The lowest BCUT2D eigenvalue weighted by atomic mass is 10.1. The molecule has 0 saturated heterocycles. The van der Waals surface area contributed by atoms with Gasteiger partial charge >= 0.3 is 0 Å². The normalized spacial score (nSPS) is 31.4. The zero-order chi connectivity index (χ0) is 12.2. The van der Waals surface area contributed by atoms with Crippen molar-refractivity contribution in [3.05, 3.63) is 28.3 Å². The molecule has 17 heavy (non-hydrogen) atoms. The second-order valence-corrected chi connectivity index (χ2v) is 6.11. The molecule has 2 saturated carbocycles. The van der Waals surface area contributed by atoms with E-state index in [1.54, 1.807) is 0 Å². The van der Waals surface area contributed by atoms with E-state index in [0.717, 1.165) is 24.8 Å². The first-order valence-corrected chi connectivity index (χ1v) is 6.87. The first-order chi connectivity index (χ1) is 8.15. The minimum atomic E-state index is -0.404. The molecule has 0 N–H and O–H groups in total. The first kappa shape index (κ1) is 11.6. The van der Waals surface area contributed by atoms with Gasteiger partial charge in [0.2, 0.25) is 0 Å². The quantitative estimate of drug-likeness (QED) is 0.631. The number of nitrogens with zero attached hydrogens (tertiary/aromatic N) is 1. The summed E-state index contributed by atoms with van der Waals surface area (Å²) in [4.78, 5) is 14.9. The van der Waals surface area contributed by atoms with Crippen LogP contribution in [-0.2, 0) is 4.79 Å². The van der Waals surface area contributed by atoms with E-state index in [1.807, 2.05) is 0 Å². The molecule has 0 bridgehead atoms. The van der Waals surface area contributed by atoms with E-state index in [9.17, 15) is 9.18 Å². The number of hydrogen-bond donors (Lipinski definition) is 0. The lowest BCUT2D eigenvalue weighted by molar-refractivity contribution is -0.108. The molecule has 0 aliphatic heterocycles. The SMILES string of the molecule is O=CC1C(Br)C1c1c(F)cnc(C2CC2)c1Cl. The Morgan fingerprint density at radius 2 is 2.24 bits per heavy atom. The summed E-state index contributed by atoms with van der Waals surface area (Å²) < 4.78 is 13.8. The molecule has 0 spiro atoms. The predicted molar refractivity (Wildman–Crippen MR) is 66.2 cm³/mol. The first-order valence-electron chi connectivity index (χ1n) is 5.58. The Kier molecular flexibility index (Phi) is 2.75. The Labute approximate surface area is 112 Å². The maximum atomic E-state index is 13.8. The summed E-state index contributed by atoms with van der Waals surface area (Å²) in [5.41, 5.74) is 1.25. The summed E-state index contributed by atoms with van der Waals surface area (Å²) in [6.45, 7) is 0. The van der Waals surface area contributed by atoms with Crippen LogP contribution in [0.2, 0.25) is 5.02 Å². The highest BCUT2D eigenvalue weighted by Crippen LogP contribution is 2.55. The van der Waals surface area contributed by atoms with Crippen molar-refractivity contribution in [2.45, 2.75) is 29.5 Å². The summed E-state index contributed by atoms with van der Waals surface area (Å²) in [5.74, 6) is -0.334. The minimum absolute atomic E-state index is 0.00135. The molecule has 3 unspecified atom stereocenters. The molecule has 0 aromatic carbocycles. The number of pyridine rings is 1. The van der Waals surface area contributed by atoms with Gasteiger partial charge in [-0.2, -0.15) is 0 Å². The average Bonchev–Trinajstić information content (AvgIpc) is 3.18. The molecule has 2 fully saturated rings. The van der Waals surface area contributed by atoms with E-state index in [0.29, 0.717) is 16.5 Å². The number of halogens is 3. The van der Waals surface area contributed by atoms with Crippen LogP contribution in [0.25, 0.3) is 0 Å². The molecule has 2 aliphatic rings. The summed E-state index contributed by atoms with van der Waals surface area (Å²) in [7, 11) is 0. The number of rotatable bonds is 3. The fourth-order valence-electron chi connectivity index (χ4n) is 2.25. The highest BCUT2D eigenvalue weighted by molar-refractivity contribution is 9.09. The van der Waals surface area contributed by atoms with Crippen molar-refractivity contribution < 1.29 is 9.18 Å². The standard InChI is InChI=1S/C12H10BrClFNO/c13-10-6(4-17)8(10)9-7(15)3-16-12(11(9)14)5-1-2-5/h3-6,8,10H,1-2H2. The van der Waals surface area contributed by atoms with Crippen molar-refractivity contribution in [3.63, 3.8) is 0 Å². The molecule has 1 aromatic rings. The van der Waals surface area contributed by atoms with Gasteiger partial charge < -0.3 is 4.79 Å². The van der Waals surface area contributed by atoms with Gasteiger partial charge in [-0.1, -0.05) is 27.5 Å². The lowest BCUT2D eigenvalue weighted by Crippen LogP contribution is -1.99. The fourth-order valence-corrected chi connectivity index (χ4v) is 3.56. The molecule has 0 amide bonds. The number of aldehydes is 1. The third-order valence-corrected chi connectivity index (χ3v) is 5.05. The number of alkyl halides is 1. The topological polar surface area (TPSA) is 30.0 Å². The zero-order valence-corrected chi connectivity index (χ0v) is 11.2. The van der Waals surface area contributed by atoms with Crippen LogP contribution in [0.1, 0.15) is 35.9 Å². The zero-order valence-electron chi connectivity index (χ0n) is 8.87. The van der Waals surface area contributed by atoms with Crippen molar-refractivity contribution in [3.8, 4) is 0 Å². The maximum Gasteiger partial charge on any atom is 0.146 e. The van der Waals surface area contributed by atoms with Gasteiger partial charge in [-0.25, -0.2) is 4.39 Å². The van der Waals surface area contributed by atoms with Gasteiger partial charge in [-0.15, -0.1) is 0 Å². The van der Waals surface area contributed by atoms with Gasteiger partial charge in [-0.3, -0.25) is 4.98 Å². The smallest absolute Gasteiger partial charge is 0.146 e. The third-order valence-electron chi connectivity index (χ3n) is 3.47. The van der Waals surface area contributed by atoms with Crippen molar-refractivity contribution in [2.75, 3.05) is 0 Å². The van der Waals surface area contributed by atoms with Crippen molar-refractivity contribution >= 4 is 33.8 Å². The van der Waals surface area contributed by atoms with Crippen LogP contribution < -0.4 is 0 Å². The van der Waals surface area contributed by atoms with Gasteiger partial charge in [0.15, 0.2) is 0 Å². The Bertz CT molecular complexity index is 492. The average molecular weight is 319 g/mol. The monoisotopic (exact) mass is 317 g/mol. The molecule has 90 valence electrons. The molecule has 2 nitrogen and oxygen atoms in total. The van der Waals surface area contributed by atoms with Crippen LogP contribution in [0.5, 0.6) is 0 Å². The highest BCUT2D eigenvalue weighted by Gasteiger charge is 2.52.